The Morgan fingerprint density at radius 2 is 1.70 bits per heavy atom. The second kappa shape index (κ2) is 10.6. The molecular weight excluding hydrogens is 442 g/mol. The van der Waals surface area contributed by atoms with Gasteiger partial charge in [0.2, 0.25) is 5.91 Å². The van der Waals surface area contributed by atoms with Crippen LogP contribution in [0.15, 0.2) is 53.4 Å². The number of hydrogen-bond donors (Lipinski definition) is 0. The van der Waals surface area contributed by atoms with E-state index in [0.29, 0.717) is 25.3 Å². The first-order valence-corrected chi connectivity index (χ1v) is 12.5. The van der Waals surface area contributed by atoms with E-state index in [-0.39, 0.29) is 28.1 Å². The maximum atomic E-state index is 13.0. The van der Waals surface area contributed by atoms with Gasteiger partial charge in [0, 0.05) is 26.1 Å². The number of nitrogens with zero attached hydrogens (tertiary/aromatic N) is 1. The van der Waals surface area contributed by atoms with Crippen molar-refractivity contribution in [1.82, 2.24) is 4.90 Å². The van der Waals surface area contributed by atoms with Crippen LogP contribution < -0.4 is 8.92 Å². The molecule has 0 N–H and O–H groups in total. The molecule has 180 valence electrons. The number of carbonyl (C=O) groups excluding carboxylic acids is 1. The number of rotatable bonds is 9. The molecule has 1 unspecified atom stereocenters. The Balaban J connectivity index is 1.68. The van der Waals surface area contributed by atoms with Gasteiger partial charge < -0.3 is 18.6 Å². The summed E-state index contributed by atoms with van der Waals surface area (Å²) >= 11 is 0. The van der Waals surface area contributed by atoms with Crippen LogP contribution in [0.2, 0.25) is 0 Å². The largest absolute Gasteiger partial charge is 0.497 e. The predicted octanol–water partition coefficient (Wildman–Crippen LogP) is 4.41. The quantitative estimate of drug-likeness (QED) is 0.500. The van der Waals surface area contributed by atoms with Crippen molar-refractivity contribution in [1.29, 1.82) is 0 Å². The van der Waals surface area contributed by atoms with Crippen LogP contribution in [0, 0.1) is 5.41 Å². The van der Waals surface area contributed by atoms with Gasteiger partial charge in [-0.2, -0.15) is 8.42 Å². The number of amides is 1. The molecule has 7 nitrogen and oxygen atoms in total. The lowest BCUT2D eigenvalue weighted by Gasteiger charge is -2.29. The molecule has 0 radical (unpaired) electrons. The summed E-state index contributed by atoms with van der Waals surface area (Å²) in [6, 6.07) is 12.8. The Kier molecular flexibility index (Phi) is 8.02. The van der Waals surface area contributed by atoms with Crippen LogP contribution in [0.4, 0.5) is 0 Å². The van der Waals surface area contributed by atoms with Gasteiger partial charge in [0.25, 0.3) is 0 Å². The summed E-state index contributed by atoms with van der Waals surface area (Å²) in [6.07, 6.45) is 2.47. The third-order valence-corrected chi connectivity index (χ3v) is 6.59. The number of methoxy groups -OCH3 is 1. The Labute approximate surface area is 196 Å². The second-order valence-electron chi connectivity index (χ2n) is 9.50. The highest BCUT2D eigenvalue weighted by atomic mass is 32.2. The van der Waals surface area contributed by atoms with Crippen molar-refractivity contribution in [2.24, 2.45) is 5.41 Å². The van der Waals surface area contributed by atoms with Crippen molar-refractivity contribution in [3.8, 4) is 11.5 Å². The third-order valence-electron chi connectivity index (χ3n) is 5.33. The molecule has 0 aliphatic carbocycles. The molecule has 33 heavy (non-hydrogen) atoms. The molecule has 1 heterocycles. The van der Waals surface area contributed by atoms with E-state index in [1.165, 1.54) is 19.2 Å². The predicted molar refractivity (Wildman–Crippen MR) is 126 cm³/mol. The van der Waals surface area contributed by atoms with Crippen molar-refractivity contribution in [2.75, 3.05) is 20.3 Å². The minimum absolute atomic E-state index is 0.0443. The first kappa shape index (κ1) is 25.1. The first-order valence-electron chi connectivity index (χ1n) is 11.1. The van der Waals surface area contributed by atoms with Crippen molar-refractivity contribution >= 4 is 16.0 Å². The Morgan fingerprint density at radius 1 is 1.06 bits per heavy atom. The molecule has 1 aliphatic heterocycles. The van der Waals surface area contributed by atoms with Gasteiger partial charge in [-0.3, -0.25) is 4.79 Å². The van der Waals surface area contributed by atoms with E-state index in [1.54, 1.807) is 36.4 Å². The van der Waals surface area contributed by atoms with Gasteiger partial charge in [0.15, 0.2) is 0 Å². The summed E-state index contributed by atoms with van der Waals surface area (Å²) in [4.78, 5) is 14.8. The fourth-order valence-electron chi connectivity index (χ4n) is 3.64. The molecular formula is C25H33NO6S. The normalized spacial score (nSPS) is 16.4. The van der Waals surface area contributed by atoms with Gasteiger partial charge in [-0.05, 0) is 60.2 Å². The van der Waals surface area contributed by atoms with E-state index in [4.69, 9.17) is 13.7 Å². The number of benzene rings is 2. The summed E-state index contributed by atoms with van der Waals surface area (Å²) in [5, 5.41) is 0. The van der Waals surface area contributed by atoms with E-state index < -0.39 is 10.1 Å². The molecule has 2 aromatic rings. The molecule has 1 atom stereocenters. The van der Waals surface area contributed by atoms with Crippen LogP contribution in [0.25, 0.3) is 0 Å². The smallest absolute Gasteiger partial charge is 0.339 e. The second-order valence-corrected chi connectivity index (χ2v) is 11.0. The molecule has 8 heteroatoms. The monoisotopic (exact) mass is 475 g/mol. The minimum Gasteiger partial charge on any atom is -0.497 e. The fourth-order valence-corrected chi connectivity index (χ4v) is 4.57. The summed E-state index contributed by atoms with van der Waals surface area (Å²) in [5.74, 6) is 0.855. The van der Waals surface area contributed by atoms with Crippen LogP contribution in [-0.2, 0) is 26.2 Å². The Bertz CT molecular complexity index is 1020. The summed E-state index contributed by atoms with van der Waals surface area (Å²) in [6.45, 7) is 7.86. The summed E-state index contributed by atoms with van der Waals surface area (Å²) in [5.41, 5.74) is 0.781. The minimum atomic E-state index is -3.96. The number of hydrogen-bond acceptors (Lipinski definition) is 6. The molecule has 1 fully saturated rings. The highest BCUT2D eigenvalue weighted by Gasteiger charge is 2.26. The molecule has 0 aromatic heterocycles. The molecule has 1 aliphatic rings. The maximum absolute atomic E-state index is 13.0. The SMILES string of the molecule is COc1ccc(S(=O)(=O)Oc2ccc(CN(CC3CCCO3)C(=O)CC(C)(C)C)cc2)cc1. The highest BCUT2D eigenvalue weighted by molar-refractivity contribution is 7.87. The van der Waals surface area contributed by atoms with Crippen molar-refractivity contribution < 1.29 is 26.9 Å². The molecule has 0 saturated carbocycles. The van der Waals surface area contributed by atoms with Gasteiger partial charge in [0.05, 0.1) is 13.2 Å². The third kappa shape index (κ3) is 7.47. The van der Waals surface area contributed by atoms with Crippen LogP contribution in [0.5, 0.6) is 11.5 Å². The lowest BCUT2D eigenvalue weighted by molar-refractivity contribution is -0.135. The van der Waals surface area contributed by atoms with Crippen LogP contribution in [0.3, 0.4) is 0 Å². The highest BCUT2D eigenvalue weighted by Crippen LogP contribution is 2.24. The lowest BCUT2D eigenvalue weighted by atomic mass is 9.91. The topological polar surface area (TPSA) is 82.1 Å². The zero-order valence-electron chi connectivity index (χ0n) is 19.7. The first-order chi connectivity index (χ1) is 15.6. The van der Waals surface area contributed by atoms with Crippen LogP contribution >= 0.6 is 0 Å². The van der Waals surface area contributed by atoms with E-state index in [1.807, 2.05) is 25.7 Å². The lowest BCUT2D eigenvalue weighted by Crippen LogP contribution is -2.38. The van der Waals surface area contributed by atoms with E-state index in [2.05, 4.69) is 0 Å². The van der Waals surface area contributed by atoms with Crippen molar-refractivity contribution in [2.45, 2.75) is 57.6 Å². The molecule has 0 spiro atoms. The number of carbonyl (C=O) groups is 1. The van der Waals surface area contributed by atoms with Crippen LogP contribution in [-0.4, -0.2) is 45.6 Å². The number of ether oxygens (including phenoxy) is 2. The Morgan fingerprint density at radius 3 is 2.24 bits per heavy atom. The van der Waals surface area contributed by atoms with Gasteiger partial charge in [-0.1, -0.05) is 32.9 Å². The average Bonchev–Trinajstić information content (AvgIpc) is 3.26. The molecule has 0 bridgehead atoms. The van der Waals surface area contributed by atoms with Gasteiger partial charge in [-0.25, -0.2) is 0 Å². The van der Waals surface area contributed by atoms with E-state index >= 15 is 0 Å². The zero-order chi connectivity index (χ0) is 24.1. The van der Waals surface area contributed by atoms with Gasteiger partial charge in [0.1, 0.15) is 16.4 Å². The summed E-state index contributed by atoms with van der Waals surface area (Å²) in [7, 11) is -2.45. The maximum Gasteiger partial charge on any atom is 0.339 e. The average molecular weight is 476 g/mol. The molecule has 1 saturated heterocycles. The molecule has 1 amide bonds. The molecule has 3 rings (SSSR count). The summed E-state index contributed by atoms with van der Waals surface area (Å²) < 4.78 is 41.2. The Hall–Kier alpha value is -2.58. The van der Waals surface area contributed by atoms with Crippen LogP contribution in [0.1, 0.15) is 45.6 Å². The van der Waals surface area contributed by atoms with E-state index in [9.17, 15) is 13.2 Å². The van der Waals surface area contributed by atoms with Gasteiger partial charge >= 0.3 is 10.1 Å². The molecule has 2 aromatic carbocycles. The van der Waals surface area contributed by atoms with Crippen molar-refractivity contribution in [3.63, 3.8) is 0 Å². The zero-order valence-corrected chi connectivity index (χ0v) is 20.6. The van der Waals surface area contributed by atoms with Crippen molar-refractivity contribution in [3.05, 3.63) is 54.1 Å². The fraction of sp³-hybridized carbons (Fsp3) is 0.480. The van der Waals surface area contributed by atoms with Gasteiger partial charge in [-0.15, -0.1) is 0 Å². The standard InChI is InChI=1S/C25H33NO6S/c1-25(2,3)16-24(27)26(18-22-6-5-15-31-22)17-19-7-9-21(10-8-19)32-33(28,29)23-13-11-20(30-4)12-14-23/h7-14,22H,5-6,15-18H2,1-4H3. The van der Waals surface area contributed by atoms with E-state index in [0.717, 1.165) is 25.0 Å².